The van der Waals surface area contributed by atoms with E-state index in [2.05, 4.69) is 0 Å². The van der Waals surface area contributed by atoms with Gasteiger partial charge in [-0.05, 0) is 36.1 Å². The van der Waals surface area contributed by atoms with E-state index in [9.17, 15) is 9.59 Å². The van der Waals surface area contributed by atoms with Gasteiger partial charge in [0, 0.05) is 37.5 Å². The molecule has 1 aromatic rings. The molecular weight excluding hydrogens is 240 g/mol. The first-order valence-electron chi connectivity index (χ1n) is 6.82. The van der Waals surface area contributed by atoms with Gasteiger partial charge in [-0.3, -0.25) is 9.59 Å². The number of nitrogens with two attached hydrogens (primary N) is 1. The van der Waals surface area contributed by atoms with Gasteiger partial charge in [-0.2, -0.15) is 0 Å². The minimum absolute atomic E-state index is 0.0639. The molecule has 4 heteroatoms. The van der Waals surface area contributed by atoms with Crippen molar-refractivity contribution in [2.45, 2.75) is 31.7 Å². The number of carbonyl (C=O) groups excluding carboxylic acids is 2. The predicted molar refractivity (Wildman–Crippen MR) is 72.0 cm³/mol. The molecular formula is C15H18N2O2. The molecule has 0 saturated carbocycles. The van der Waals surface area contributed by atoms with Crippen LogP contribution in [0.2, 0.25) is 0 Å². The Balaban J connectivity index is 1.77. The second-order valence-electron chi connectivity index (χ2n) is 5.51. The van der Waals surface area contributed by atoms with Gasteiger partial charge in [-0.1, -0.05) is 6.07 Å². The first-order valence-corrected chi connectivity index (χ1v) is 6.82. The first-order chi connectivity index (χ1) is 9.13. The van der Waals surface area contributed by atoms with Crippen molar-refractivity contribution in [3.8, 4) is 0 Å². The molecule has 1 saturated heterocycles. The molecule has 1 amide bonds. The van der Waals surface area contributed by atoms with E-state index in [4.69, 9.17) is 5.73 Å². The quantitative estimate of drug-likeness (QED) is 0.814. The number of piperidine rings is 1. The van der Waals surface area contributed by atoms with Crippen molar-refractivity contribution in [1.82, 2.24) is 4.90 Å². The van der Waals surface area contributed by atoms with Crippen molar-refractivity contribution in [1.29, 1.82) is 0 Å². The average Bonchev–Trinajstić information content (AvgIpc) is 2.77. The van der Waals surface area contributed by atoms with Crippen molar-refractivity contribution in [3.05, 3.63) is 34.9 Å². The molecule has 1 aliphatic carbocycles. The lowest BCUT2D eigenvalue weighted by Gasteiger charge is -2.30. The number of hydrogen-bond acceptors (Lipinski definition) is 3. The van der Waals surface area contributed by atoms with E-state index in [1.807, 2.05) is 23.1 Å². The van der Waals surface area contributed by atoms with Crippen LogP contribution in [0.25, 0.3) is 0 Å². The van der Waals surface area contributed by atoms with Gasteiger partial charge in [0.2, 0.25) is 0 Å². The number of amides is 1. The van der Waals surface area contributed by atoms with Crippen LogP contribution in [0.4, 0.5) is 0 Å². The Hall–Kier alpha value is -1.68. The second kappa shape index (κ2) is 4.78. The fourth-order valence-corrected chi connectivity index (χ4v) is 2.87. The zero-order chi connectivity index (χ0) is 13.4. The highest BCUT2D eigenvalue weighted by atomic mass is 16.2. The van der Waals surface area contributed by atoms with E-state index in [0.717, 1.165) is 37.1 Å². The van der Waals surface area contributed by atoms with Crippen molar-refractivity contribution >= 4 is 11.7 Å². The molecule has 19 heavy (non-hydrogen) atoms. The lowest BCUT2D eigenvalue weighted by Crippen LogP contribution is -2.42. The van der Waals surface area contributed by atoms with E-state index in [-0.39, 0.29) is 17.7 Å². The molecule has 0 atom stereocenters. The molecule has 0 radical (unpaired) electrons. The Bertz CT molecular complexity index is 531. The highest BCUT2D eigenvalue weighted by molar-refractivity contribution is 5.96. The smallest absolute Gasteiger partial charge is 0.253 e. The van der Waals surface area contributed by atoms with Gasteiger partial charge in [-0.15, -0.1) is 0 Å². The van der Waals surface area contributed by atoms with Crippen LogP contribution in [-0.2, 0) is 17.6 Å². The maximum absolute atomic E-state index is 12.4. The minimum Gasteiger partial charge on any atom is -0.339 e. The normalized spacial score (nSPS) is 19.6. The fourth-order valence-electron chi connectivity index (χ4n) is 2.87. The number of benzene rings is 1. The predicted octanol–water partition coefficient (Wildman–Crippen LogP) is 0.918. The van der Waals surface area contributed by atoms with Crippen molar-refractivity contribution in [2.24, 2.45) is 5.73 Å². The number of fused-ring (bicyclic) bond motifs is 1. The number of likely N-dealkylation sites (tertiary alicyclic amines) is 1. The number of ketones is 1. The molecule has 1 aliphatic heterocycles. The lowest BCUT2D eigenvalue weighted by molar-refractivity contribution is -0.117. The third-order valence-electron chi connectivity index (χ3n) is 4.06. The Kier molecular flexibility index (Phi) is 3.11. The minimum atomic E-state index is 0.0639. The van der Waals surface area contributed by atoms with Gasteiger partial charge in [0.05, 0.1) is 0 Å². The van der Waals surface area contributed by atoms with Gasteiger partial charge < -0.3 is 10.6 Å². The molecule has 1 fully saturated rings. The maximum atomic E-state index is 12.4. The van der Waals surface area contributed by atoms with E-state index in [1.165, 1.54) is 0 Å². The van der Waals surface area contributed by atoms with Crippen LogP contribution in [-0.4, -0.2) is 35.7 Å². The molecule has 1 aromatic carbocycles. The van der Waals surface area contributed by atoms with Crippen molar-refractivity contribution < 1.29 is 9.59 Å². The van der Waals surface area contributed by atoms with E-state index in [1.54, 1.807) is 0 Å². The van der Waals surface area contributed by atoms with Crippen LogP contribution in [0.1, 0.15) is 34.3 Å². The van der Waals surface area contributed by atoms with E-state index >= 15 is 0 Å². The summed E-state index contributed by atoms with van der Waals surface area (Å²) < 4.78 is 0. The Labute approximate surface area is 112 Å². The first kappa shape index (κ1) is 12.4. The monoisotopic (exact) mass is 258 g/mol. The highest BCUT2D eigenvalue weighted by Crippen LogP contribution is 2.22. The molecule has 0 bridgehead atoms. The SMILES string of the molecule is NC1CCN(C(=O)c2ccc3c(c2)CC(=O)C3)CC1. The Morgan fingerprint density at radius 3 is 2.58 bits per heavy atom. The zero-order valence-corrected chi connectivity index (χ0v) is 10.9. The number of carbonyl (C=O) groups is 2. The van der Waals surface area contributed by atoms with Crippen LogP contribution >= 0.6 is 0 Å². The standard InChI is InChI=1S/C15H18N2O2/c16-13-3-5-17(6-4-13)15(19)11-2-1-10-8-14(18)9-12(10)7-11/h1-2,7,13H,3-6,8-9,16H2. The van der Waals surface area contributed by atoms with Crippen molar-refractivity contribution in [3.63, 3.8) is 0 Å². The van der Waals surface area contributed by atoms with Gasteiger partial charge in [0.1, 0.15) is 5.78 Å². The van der Waals surface area contributed by atoms with Gasteiger partial charge in [0.25, 0.3) is 5.91 Å². The number of hydrogen-bond donors (Lipinski definition) is 1. The van der Waals surface area contributed by atoms with Gasteiger partial charge >= 0.3 is 0 Å². The topological polar surface area (TPSA) is 63.4 Å². The third kappa shape index (κ3) is 2.40. The molecule has 0 aromatic heterocycles. The molecule has 3 rings (SSSR count). The van der Waals surface area contributed by atoms with Crippen molar-refractivity contribution in [2.75, 3.05) is 13.1 Å². The number of nitrogens with zero attached hydrogens (tertiary/aromatic N) is 1. The molecule has 1 heterocycles. The lowest BCUT2D eigenvalue weighted by atomic mass is 10.0. The summed E-state index contributed by atoms with van der Waals surface area (Å²) in [4.78, 5) is 25.7. The fraction of sp³-hybridized carbons (Fsp3) is 0.467. The van der Waals surface area contributed by atoms with Crippen LogP contribution < -0.4 is 5.73 Å². The summed E-state index contributed by atoms with van der Waals surface area (Å²) in [6.45, 7) is 1.46. The summed E-state index contributed by atoms with van der Waals surface area (Å²) in [5.41, 5.74) is 8.64. The Morgan fingerprint density at radius 1 is 1.16 bits per heavy atom. The summed E-state index contributed by atoms with van der Waals surface area (Å²) in [5.74, 6) is 0.303. The van der Waals surface area contributed by atoms with Crippen LogP contribution in [0.15, 0.2) is 18.2 Å². The van der Waals surface area contributed by atoms with Gasteiger partial charge in [0.15, 0.2) is 0 Å². The Morgan fingerprint density at radius 2 is 1.84 bits per heavy atom. The second-order valence-corrected chi connectivity index (χ2v) is 5.51. The van der Waals surface area contributed by atoms with Crippen LogP contribution in [0.3, 0.4) is 0 Å². The molecule has 100 valence electrons. The third-order valence-corrected chi connectivity index (χ3v) is 4.06. The number of rotatable bonds is 1. The number of Topliss-reactive ketones (excluding diaryl/α,β-unsaturated/α-hetero) is 1. The largest absolute Gasteiger partial charge is 0.339 e. The summed E-state index contributed by atoms with van der Waals surface area (Å²) in [6.07, 6.45) is 2.73. The van der Waals surface area contributed by atoms with Crippen LogP contribution in [0, 0.1) is 0 Å². The summed E-state index contributed by atoms with van der Waals surface area (Å²) in [6, 6.07) is 5.87. The summed E-state index contributed by atoms with van der Waals surface area (Å²) in [7, 11) is 0. The molecule has 4 nitrogen and oxygen atoms in total. The maximum Gasteiger partial charge on any atom is 0.253 e. The van der Waals surface area contributed by atoms with E-state index in [0.29, 0.717) is 18.4 Å². The average molecular weight is 258 g/mol. The molecule has 2 aliphatic rings. The van der Waals surface area contributed by atoms with Crippen LogP contribution in [0.5, 0.6) is 0 Å². The zero-order valence-electron chi connectivity index (χ0n) is 10.9. The molecule has 2 N–H and O–H groups in total. The van der Waals surface area contributed by atoms with E-state index < -0.39 is 0 Å². The molecule has 0 spiro atoms. The molecule has 0 unspecified atom stereocenters. The summed E-state index contributed by atoms with van der Waals surface area (Å²) >= 11 is 0. The van der Waals surface area contributed by atoms with Gasteiger partial charge in [-0.25, -0.2) is 0 Å². The summed E-state index contributed by atoms with van der Waals surface area (Å²) in [5, 5.41) is 0. The highest BCUT2D eigenvalue weighted by Gasteiger charge is 2.24.